The van der Waals surface area contributed by atoms with Crippen LogP contribution in [0.25, 0.3) is 0 Å². The predicted molar refractivity (Wildman–Crippen MR) is 95.9 cm³/mol. The van der Waals surface area contributed by atoms with Gasteiger partial charge in [-0.2, -0.15) is 0 Å². The van der Waals surface area contributed by atoms with Gasteiger partial charge in [0.2, 0.25) is 0 Å². The highest BCUT2D eigenvalue weighted by molar-refractivity contribution is 7.23. The number of hydrogen-bond acceptors (Lipinski definition) is 0. The summed E-state index contributed by atoms with van der Waals surface area (Å²) >= 11 is 0. The average molecular weight is 298 g/mol. The van der Waals surface area contributed by atoms with Gasteiger partial charge < -0.3 is 0 Å². The summed E-state index contributed by atoms with van der Waals surface area (Å²) in [5.41, 5.74) is 4.49. The second kappa shape index (κ2) is 7.95. The van der Waals surface area contributed by atoms with Gasteiger partial charge in [-0.15, -0.1) is 18.5 Å². The third-order valence-corrected chi connectivity index (χ3v) is 7.68. The summed E-state index contributed by atoms with van der Waals surface area (Å²) in [7, 11) is 6.20. The molecule has 1 aliphatic rings. The van der Waals surface area contributed by atoms with Crippen molar-refractivity contribution in [2.75, 3.05) is 0 Å². The fraction of sp³-hybridized carbons (Fsp3) is 0.765. The van der Waals surface area contributed by atoms with E-state index in [-0.39, 0.29) is 0 Å². The van der Waals surface area contributed by atoms with E-state index in [0.29, 0.717) is 11.3 Å². The van der Waals surface area contributed by atoms with Crippen LogP contribution in [0.3, 0.4) is 0 Å². The van der Waals surface area contributed by atoms with Crippen LogP contribution in [-0.2, 0) is 0 Å². The molecule has 0 aliphatic heterocycles. The van der Waals surface area contributed by atoms with Crippen molar-refractivity contribution in [1.82, 2.24) is 0 Å². The van der Waals surface area contributed by atoms with Crippen molar-refractivity contribution in [3.63, 3.8) is 0 Å². The molecular formula is C17H32P2. The predicted octanol–water partition coefficient (Wildman–Crippen LogP) is 5.46. The maximum absolute atomic E-state index is 3.12. The summed E-state index contributed by atoms with van der Waals surface area (Å²) in [5, 5.41) is 0. The molecule has 7 unspecified atom stereocenters. The summed E-state index contributed by atoms with van der Waals surface area (Å²) in [6, 6.07) is 0. The Labute approximate surface area is 125 Å². The first-order valence-electron chi connectivity index (χ1n) is 7.75. The molecule has 0 heterocycles. The molecule has 0 amide bonds. The smallest absolute Gasteiger partial charge is 0.0157 e. The molecule has 2 heteroatoms. The van der Waals surface area contributed by atoms with Crippen LogP contribution in [0.15, 0.2) is 23.3 Å². The molecule has 19 heavy (non-hydrogen) atoms. The molecule has 7 atom stereocenters. The Morgan fingerprint density at radius 1 is 1.05 bits per heavy atom. The molecular weight excluding hydrogens is 266 g/mol. The maximum Gasteiger partial charge on any atom is -0.0157 e. The van der Waals surface area contributed by atoms with Gasteiger partial charge in [-0.25, -0.2) is 0 Å². The minimum Gasteiger partial charge on any atom is -0.134 e. The van der Waals surface area contributed by atoms with Gasteiger partial charge in [0.25, 0.3) is 0 Å². The summed E-state index contributed by atoms with van der Waals surface area (Å²) < 4.78 is 0. The van der Waals surface area contributed by atoms with E-state index < -0.39 is 0 Å². The molecule has 0 saturated heterocycles. The molecule has 0 bridgehead atoms. The van der Waals surface area contributed by atoms with E-state index in [4.69, 9.17) is 0 Å². The first kappa shape index (κ1) is 17.4. The van der Waals surface area contributed by atoms with E-state index in [9.17, 15) is 0 Å². The lowest BCUT2D eigenvalue weighted by molar-refractivity contribution is 0.344. The van der Waals surface area contributed by atoms with E-state index in [1.54, 1.807) is 5.57 Å². The lowest BCUT2D eigenvalue weighted by atomic mass is 9.83. The van der Waals surface area contributed by atoms with E-state index >= 15 is 0 Å². The molecule has 0 fully saturated rings. The van der Waals surface area contributed by atoms with Crippen LogP contribution >= 0.6 is 18.5 Å². The van der Waals surface area contributed by atoms with Gasteiger partial charge >= 0.3 is 0 Å². The second-order valence-corrected chi connectivity index (χ2v) is 7.97. The molecule has 0 aromatic carbocycles. The third kappa shape index (κ3) is 4.68. The topological polar surface area (TPSA) is 0 Å². The Morgan fingerprint density at radius 3 is 2.16 bits per heavy atom. The molecule has 0 aromatic rings. The fourth-order valence-electron chi connectivity index (χ4n) is 2.83. The minimum atomic E-state index is 0.696. The van der Waals surface area contributed by atoms with Gasteiger partial charge in [0.1, 0.15) is 0 Å². The van der Waals surface area contributed by atoms with E-state index in [0.717, 1.165) is 24.2 Å². The Bertz CT molecular complexity index is 343. The molecule has 0 radical (unpaired) electrons. The molecule has 0 nitrogen and oxygen atoms in total. The van der Waals surface area contributed by atoms with E-state index in [1.165, 1.54) is 18.4 Å². The fourth-order valence-corrected chi connectivity index (χ4v) is 4.21. The summed E-state index contributed by atoms with van der Waals surface area (Å²) in [5.74, 6) is 2.28. The van der Waals surface area contributed by atoms with Crippen molar-refractivity contribution in [2.45, 2.75) is 65.2 Å². The van der Waals surface area contributed by atoms with E-state index in [1.807, 2.05) is 0 Å². The first-order chi connectivity index (χ1) is 8.88. The third-order valence-electron chi connectivity index (χ3n) is 5.09. The highest BCUT2D eigenvalue weighted by atomic mass is 31.0. The molecule has 1 aliphatic carbocycles. The summed E-state index contributed by atoms with van der Waals surface area (Å²) in [6.45, 7) is 11.8. The molecule has 0 N–H and O–H groups in total. The maximum atomic E-state index is 3.12. The number of rotatable bonds is 7. The van der Waals surface area contributed by atoms with Gasteiger partial charge in [-0.05, 0) is 54.4 Å². The van der Waals surface area contributed by atoms with Crippen molar-refractivity contribution in [3.8, 4) is 0 Å². The van der Waals surface area contributed by atoms with Crippen molar-refractivity contribution in [1.29, 1.82) is 0 Å². The van der Waals surface area contributed by atoms with Gasteiger partial charge in [-0.1, -0.05) is 51.8 Å². The van der Waals surface area contributed by atoms with Crippen molar-refractivity contribution in [2.24, 2.45) is 17.8 Å². The quantitative estimate of drug-likeness (QED) is 0.548. The Morgan fingerprint density at radius 2 is 1.68 bits per heavy atom. The minimum absolute atomic E-state index is 0.696. The zero-order chi connectivity index (χ0) is 14.6. The van der Waals surface area contributed by atoms with Crippen LogP contribution in [0.4, 0.5) is 0 Å². The van der Waals surface area contributed by atoms with Crippen molar-refractivity contribution < 1.29 is 0 Å². The Kier molecular flexibility index (Phi) is 7.28. The lowest BCUT2D eigenvalue weighted by Crippen LogP contribution is -2.31. The van der Waals surface area contributed by atoms with Crippen LogP contribution in [-0.4, -0.2) is 11.3 Å². The van der Waals surface area contributed by atoms with E-state index in [2.05, 4.69) is 65.3 Å². The number of allylic oxidation sites excluding steroid dienone is 4. The second-order valence-electron chi connectivity index (χ2n) is 6.43. The van der Waals surface area contributed by atoms with Crippen molar-refractivity contribution in [3.05, 3.63) is 23.3 Å². The summed E-state index contributed by atoms with van der Waals surface area (Å²) in [4.78, 5) is 0. The SMILES string of the molecule is CCC(C)C(P)C(P)C(C)C(C)CC1=CCC=C1C. The van der Waals surface area contributed by atoms with Gasteiger partial charge in [0.15, 0.2) is 0 Å². The molecule has 1 rings (SSSR count). The van der Waals surface area contributed by atoms with Crippen LogP contribution in [0, 0.1) is 17.8 Å². The van der Waals surface area contributed by atoms with Crippen LogP contribution < -0.4 is 0 Å². The zero-order valence-electron chi connectivity index (χ0n) is 13.3. The lowest BCUT2D eigenvalue weighted by Gasteiger charge is -2.33. The monoisotopic (exact) mass is 298 g/mol. The molecule has 0 spiro atoms. The van der Waals surface area contributed by atoms with Crippen LogP contribution in [0.2, 0.25) is 0 Å². The zero-order valence-corrected chi connectivity index (χ0v) is 15.6. The molecule has 0 saturated carbocycles. The first-order valence-corrected chi connectivity index (χ1v) is 9.09. The Hall–Kier alpha value is 0.340. The van der Waals surface area contributed by atoms with Gasteiger partial charge in [-0.3, -0.25) is 0 Å². The summed E-state index contributed by atoms with van der Waals surface area (Å²) in [6.07, 6.45) is 8.41. The van der Waals surface area contributed by atoms with Crippen molar-refractivity contribution >= 4 is 18.5 Å². The Balaban J connectivity index is 2.56. The largest absolute Gasteiger partial charge is 0.134 e. The van der Waals surface area contributed by atoms with Gasteiger partial charge in [0, 0.05) is 0 Å². The standard InChI is InChI=1S/C17H32P2/c1-6-11(2)16(18)17(19)14(5)13(4)10-15-9-7-8-12(15)3/h8-9,11,13-14,16-17H,6-7,10,18-19H2,1-5H3. The highest BCUT2D eigenvalue weighted by Crippen LogP contribution is 2.36. The normalized spacial score (nSPS) is 23.3. The van der Waals surface area contributed by atoms with Crippen LogP contribution in [0.5, 0.6) is 0 Å². The van der Waals surface area contributed by atoms with Gasteiger partial charge in [0.05, 0.1) is 0 Å². The molecule has 0 aromatic heterocycles. The number of hydrogen-bond donors (Lipinski definition) is 0. The highest BCUT2D eigenvalue weighted by Gasteiger charge is 2.27. The molecule has 110 valence electrons. The van der Waals surface area contributed by atoms with Crippen LogP contribution in [0.1, 0.15) is 53.9 Å². The average Bonchev–Trinajstić information content (AvgIpc) is 2.80.